The second-order valence-corrected chi connectivity index (χ2v) is 7.85. The summed E-state index contributed by atoms with van der Waals surface area (Å²) in [5.41, 5.74) is 0.0614. The van der Waals surface area contributed by atoms with Gasteiger partial charge in [-0.1, -0.05) is 19.8 Å². The van der Waals surface area contributed by atoms with Gasteiger partial charge < -0.3 is 10.4 Å². The Bertz CT molecular complexity index is 601. The van der Waals surface area contributed by atoms with E-state index in [1.165, 1.54) is 0 Å². The number of aliphatic carboxylic acids is 1. The number of sulfone groups is 1. The normalized spacial score (nSPS) is 17.6. The highest BCUT2D eigenvalue weighted by Crippen LogP contribution is 2.38. The first-order chi connectivity index (χ1) is 9.89. The van der Waals surface area contributed by atoms with E-state index in [-0.39, 0.29) is 5.75 Å². The summed E-state index contributed by atoms with van der Waals surface area (Å²) in [4.78, 5) is 11.7. The van der Waals surface area contributed by atoms with E-state index < -0.39 is 21.2 Å². The van der Waals surface area contributed by atoms with Gasteiger partial charge in [0.2, 0.25) is 0 Å². The third-order valence-electron chi connectivity index (χ3n) is 4.24. The first-order valence-corrected chi connectivity index (χ1v) is 8.85. The summed E-state index contributed by atoms with van der Waals surface area (Å²) < 4.78 is 23.4. The summed E-state index contributed by atoms with van der Waals surface area (Å²) in [7, 11) is -3.19. The number of rotatable bonds is 6. The van der Waals surface area contributed by atoms with Crippen LogP contribution in [0.25, 0.3) is 0 Å². The Morgan fingerprint density at radius 2 is 1.81 bits per heavy atom. The number of hydrogen-bond acceptors (Lipinski definition) is 4. The monoisotopic (exact) mass is 311 g/mol. The van der Waals surface area contributed by atoms with E-state index in [1.807, 2.05) is 0 Å². The quantitative estimate of drug-likeness (QED) is 0.843. The van der Waals surface area contributed by atoms with Gasteiger partial charge >= 0.3 is 5.97 Å². The fourth-order valence-electron chi connectivity index (χ4n) is 2.74. The van der Waals surface area contributed by atoms with Crippen LogP contribution in [0.3, 0.4) is 0 Å². The highest BCUT2D eigenvalue weighted by molar-refractivity contribution is 7.91. The lowest BCUT2D eigenvalue weighted by atomic mass is 9.86. The smallest absolute Gasteiger partial charge is 0.311 e. The third kappa shape index (κ3) is 3.37. The molecule has 1 aliphatic carbocycles. The molecule has 0 saturated heterocycles. The average Bonchev–Trinajstić information content (AvgIpc) is 2.96. The molecule has 1 fully saturated rings. The van der Waals surface area contributed by atoms with Gasteiger partial charge in [-0.05, 0) is 37.1 Å². The van der Waals surface area contributed by atoms with Crippen LogP contribution in [0.4, 0.5) is 5.69 Å². The van der Waals surface area contributed by atoms with Crippen molar-refractivity contribution in [1.29, 1.82) is 0 Å². The van der Waals surface area contributed by atoms with Crippen LogP contribution >= 0.6 is 0 Å². The molecule has 0 aromatic heterocycles. The van der Waals surface area contributed by atoms with Gasteiger partial charge in [-0.2, -0.15) is 0 Å². The lowest BCUT2D eigenvalue weighted by Crippen LogP contribution is -2.35. The second-order valence-electron chi connectivity index (χ2n) is 5.57. The van der Waals surface area contributed by atoms with Crippen molar-refractivity contribution in [3.05, 3.63) is 24.3 Å². The van der Waals surface area contributed by atoms with Gasteiger partial charge in [-0.25, -0.2) is 8.42 Å². The van der Waals surface area contributed by atoms with Crippen molar-refractivity contribution in [2.45, 2.75) is 37.5 Å². The molecule has 0 atom stereocenters. The van der Waals surface area contributed by atoms with E-state index >= 15 is 0 Å². The molecule has 0 amide bonds. The molecule has 0 unspecified atom stereocenters. The van der Waals surface area contributed by atoms with Gasteiger partial charge in [0, 0.05) is 12.2 Å². The molecule has 5 nitrogen and oxygen atoms in total. The average molecular weight is 311 g/mol. The molecule has 0 heterocycles. The van der Waals surface area contributed by atoms with Crippen LogP contribution in [0, 0.1) is 5.41 Å². The van der Waals surface area contributed by atoms with E-state index in [2.05, 4.69) is 5.32 Å². The molecule has 0 bridgehead atoms. The maximum Gasteiger partial charge on any atom is 0.311 e. The number of carbonyl (C=O) groups is 1. The van der Waals surface area contributed by atoms with Crippen LogP contribution in [0.15, 0.2) is 29.2 Å². The zero-order valence-electron chi connectivity index (χ0n) is 12.1. The maximum absolute atomic E-state index is 11.7. The molecule has 116 valence electrons. The van der Waals surface area contributed by atoms with E-state index in [0.717, 1.165) is 18.5 Å². The first-order valence-electron chi connectivity index (χ1n) is 7.20. The molecule has 1 saturated carbocycles. The van der Waals surface area contributed by atoms with Gasteiger partial charge in [0.1, 0.15) is 0 Å². The SMILES string of the molecule is CCS(=O)(=O)c1ccc(NCC2(C(=O)O)CCCC2)cc1. The fourth-order valence-corrected chi connectivity index (χ4v) is 3.62. The Morgan fingerprint density at radius 3 is 2.29 bits per heavy atom. The molecule has 2 N–H and O–H groups in total. The van der Waals surface area contributed by atoms with Gasteiger partial charge in [0.05, 0.1) is 16.1 Å². The molecule has 0 radical (unpaired) electrons. The lowest BCUT2D eigenvalue weighted by Gasteiger charge is -2.24. The Balaban J connectivity index is 2.06. The largest absolute Gasteiger partial charge is 0.481 e. The van der Waals surface area contributed by atoms with Crippen molar-refractivity contribution in [2.75, 3.05) is 17.6 Å². The molecule has 2 rings (SSSR count). The minimum absolute atomic E-state index is 0.0713. The predicted molar refractivity (Wildman–Crippen MR) is 81.2 cm³/mol. The molecule has 0 aliphatic heterocycles. The molecular weight excluding hydrogens is 290 g/mol. The Labute approximate surface area is 125 Å². The molecule has 6 heteroatoms. The lowest BCUT2D eigenvalue weighted by molar-refractivity contribution is -0.147. The second kappa shape index (κ2) is 6.05. The first kappa shape index (κ1) is 15.8. The summed E-state index contributed by atoms with van der Waals surface area (Å²) in [6.07, 6.45) is 3.28. The predicted octanol–water partition coefficient (Wildman–Crippen LogP) is 2.54. The molecule has 1 aromatic carbocycles. The van der Waals surface area contributed by atoms with Crippen LogP contribution in [0.5, 0.6) is 0 Å². The number of nitrogens with one attached hydrogen (secondary N) is 1. The minimum Gasteiger partial charge on any atom is -0.481 e. The third-order valence-corrected chi connectivity index (χ3v) is 5.99. The minimum atomic E-state index is -3.19. The number of hydrogen-bond donors (Lipinski definition) is 2. The van der Waals surface area contributed by atoms with Gasteiger partial charge in [0.15, 0.2) is 9.84 Å². The molecule has 21 heavy (non-hydrogen) atoms. The molecular formula is C15H21NO4S. The van der Waals surface area contributed by atoms with E-state index in [9.17, 15) is 18.3 Å². The highest BCUT2D eigenvalue weighted by Gasteiger charge is 2.40. The highest BCUT2D eigenvalue weighted by atomic mass is 32.2. The number of anilines is 1. The molecule has 1 aliphatic rings. The number of carboxylic acids is 1. The van der Waals surface area contributed by atoms with Crippen LogP contribution in [0.2, 0.25) is 0 Å². The van der Waals surface area contributed by atoms with Gasteiger partial charge in [0.25, 0.3) is 0 Å². The van der Waals surface area contributed by atoms with Crippen molar-refractivity contribution in [2.24, 2.45) is 5.41 Å². The van der Waals surface area contributed by atoms with Crippen molar-refractivity contribution in [1.82, 2.24) is 0 Å². The van der Waals surface area contributed by atoms with Crippen molar-refractivity contribution >= 4 is 21.5 Å². The summed E-state index contributed by atoms with van der Waals surface area (Å²) in [6.45, 7) is 1.99. The maximum atomic E-state index is 11.7. The van der Waals surface area contributed by atoms with Gasteiger partial charge in [-0.3, -0.25) is 4.79 Å². The summed E-state index contributed by atoms with van der Waals surface area (Å²) in [5.74, 6) is -0.681. The van der Waals surface area contributed by atoms with E-state index in [4.69, 9.17) is 0 Å². The zero-order valence-corrected chi connectivity index (χ0v) is 12.9. The van der Waals surface area contributed by atoms with Gasteiger partial charge in [-0.15, -0.1) is 0 Å². The fraction of sp³-hybridized carbons (Fsp3) is 0.533. The van der Waals surface area contributed by atoms with Crippen molar-refractivity contribution in [3.63, 3.8) is 0 Å². The van der Waals surface area contributed by atoms with E-state index in [1.54, 1.807) is 31.2 Å². The molecule has 0 spiro atoms. The standard InChI is InChI=1S/C15H21NO4S/c1-2-21(19,20)13-7-5-12(6-8-13)16-11-15(14(17)18)9-3-4-10-15/h5-8,16H,2-4,9-11H2,1H3,(H,17,18). The van der Waals surface area contributed by atoms with Crippen molar-refractivity contribution in [3.8, 4) is 0 Å². The van der Waals surface area contributed by atoms with Crippen LogP contribution < -0.4 is 5.32 Å². The zero-order chi connectivity index (χ0) is 15.5. The van der Waals surface area contributed by atoms with E-state index in [0.29, 0.717) is 24.3 Å². The Kier molecular flexibility index (Phi) is 4.56. The Morgan fingerprint density at radius 1 is 1.24 bits per heavy atom. The van der Waals surface area contributed by atoms with Crippen LogP contribution in [0.1, 0.15) is 32.6 Å². The topological polar surface area (TPSA) is 83.5 Å². The molecule has 1 aromatic rings. The number of carboxylic acid groups (broad SMARTS) is 1. The summed E-state index contributed by atoms with van der Waals surface area (Å²) >= 11 is 0. The number of benzene rings is 1. The van der Waals surface area contributed by atoms with Crippen LogP contribution in [-0.4, -0.2) is 31.8 Å². The summed E-state index contributed by atoms with van der Waals surface area (Å²) in [6, 6.07) is 6.49. The summed E-state index contributed by atoms with van der Waals surface area (Å²) in [5, 5.41) is 12.5. The van der Waals surface area contributed by atoms with Crippen LogP contribution in [-0.2, 0) is 14.6 Å². The Hall–Kier alpha value is -1.56. The van der Waals surface area contributed by atoms with Crippen molar-refractivity contribution < 1.29 is 18.3 Å².